The number of nitrogens with two attached hydrogens (primary N) is 1. The van der Waals surface area contributed by atoms with Crippen LogP contribution in [-0.2, 0) is 6.42 Å². The molecule has 0 bridgehead atoms. The van der Waals surface area contributed by atoms with Gasteiger partial charge in [-0.05, 0) is 24.5 Å². The molecule has 0 aliphatic heterocycles. The standard InChI is InChI=1S/C15H15N3O2S/c1-3-4-11-14(17)13(8-16)21-15(11)10-6-5-9(2)12(7-10)18(19)20/h5-7H,3-4,17H2,1-2H3. The Morgan fingerprint density at radius 2 is 2.19 bits per heavy atom. The van der Waals surface area contributed by atoms with Crippen LogP contribution in [0.15, 0.2) is 18.2 Å². The fourth-order valence-corrected chi connectivity index (χ4v) is 3.30. The fourth-order valence-electron chi connectivity index (χ4n) is 2.24. The van der Waals surface area contributed by atoms with Gasteiger partial charge in [-0.3, -0.25) is 10.1 Å². The topological polar surface area (TPSA) is 93.0 Å². The van der Waals surface area contributed by atoms with Crippen molar-refractivity contribution in [1.82, 2.24) is 0 Å². The van der Waals surface area contributed by atoms with Crippen LogP contribution in [0.1, 0.15) is 29.3 Å². The maximum atomic E-state index is 11.1. The number of benzene rings is 1. The molecule has 1 aromatic heterocycles. The number of hydrogen-bond donors (Lipinski definition) is 1. The Kier molecular flexibility index (Phi) is 4.24. The highest BCUT2D eigenvalue weighted by molar-refractivity contribution is 7.16. The molecule has 0 aliphatic carbocycles. The summed E-state index contributed by atoms with van der Waals surface area (Å²) in [6.45, 7) is 3.74. The molecule has 0 fully saturated rings. The largest absolute Gasteiger partial charge is 0.397 e. The molecule has 21 heavy (non-hydrogen) atoms. The number of nitrogen functional groups attached to an aromatic ring is 1. The molecule has 0 saturated heterocycles. The van der Waals surface area contributed by atoms with Crippen LogP contribution in [0.25, 0.3) is 10.4 Å². The van der Waals surface area contributed by atoms with Crippen molar-refractivity contribution in [2.75, 3.05) is 5.73 Å². The third-order valence-electron chi connectivity index (χ3n) is 3.32. The summed E-state index contributed by atoms with van der Waals surface area (Å²) < 4.78 is 0. The summed E-state index contributed by atoms with van der Waals surface area (Å²) in [6, 6.07) is 7.22. The lowest BCUT2D eigenvalue weighted by Gasteiger charge is -2.05. The summed E-state index contributed by atoms with van der Waals surface area (Å²) >= 11 is 1.30. The average molecular weight is 301 g/mol. The Morgan fingerprint density at radius 1 is 1.48 bits per heavy atom. The lowest BCUT2D eigenvalue weighted by molar-refractivity contribution is -0.385. The maximum absolute atomic E-state index is 11.1. The Balaban J connectivity index is 2.64. The van der Waals surface area contributed by atoms with Crippen LogP contribution < -0.4 is 5.73 Å². The smallest absolute Gasteiger partial charge is 0.272 e. The molecule has 5 nitrogen and oxygen atoms in total. The summed E-state index contributed by atoms with van der Waals surface area (Å²) in [6.07, 6.45) is 1.65. The van der Waals surface area contributed by atoms with Crippen molar-refractivity contribution in [2.24, 2.45) is 0 Å². The zero-order valence-electron chi connectivity index (χ0n) is 11.8. The summed E-state index contributed by atoms with van der Waals surface area (Å²) in [4.78, 5) is 12.0. The minimum atomic E-state index is -0.388. The van der Waals surface area contributed by atoms with E-state index in [1.165, 1.54) is 11.3 Å². The maximum Gasteiger partial charge on any atom is 0.272 e. The first-order valence-corrected chi connectivity index (χ1v) is 7.37. The van der Waals surface area contributed by atoms with Gasteiger partial charge in [-0.2, -0.15) is 5.26 Å². The predicted molar refractivity (Wildman–Crippen MR) is 84.3 cm³/mol. The lowest BCUT2D eigenvalue weighted by Crippen LogP contribution is -1.95. The quantitative estimate of drug-likeness (QED) is 0.681. The SMILES string of the molecule is CCCc1c(-c2ccc(C)c([N+](=O)[O-])c2)sc(C#N)c1N. The second kappa shape index (κ2) is 5.94. The molecule has 1 heterocycles. The zero-order chi connectivity index (χ0) is 15.6. The summed E-state index contributed by atoms with van der Waals surface area (Å²) in [5, 5.41) is 20.2. The van der Waals surface area contributed by atoms with Crippen molar-refractivity contribution >= 4 is 22.7 Å². The van der Waals surface area contributed by atoms with Gasteiger partial charge >= 0.3 is 0 Å². The van der Waals surface area contributed by atoms with Gasteiger partial charge in [-0.25, -0.2) is 0 Å². The summed E-state index contributed by atoms with van der Waals surface area (Å²) in [5.74, 6) is 0. The molecule has 6 heteroatoms. The van der Waals surface area contributed by atoms with Crippen LogP contribution >= 0.6 is 11.3 Å². The van der Waals surface area contributed by atoms with E-state index >= 15 is 0 Å². The number of anilines is 1. The molecule has 0 spiro atoms. The number of aryl methyl sites for hydroxylation is 1. The van der Waals surface area contributed by atoms with Crippen LogP contribution in [0.4, 0.5) is 11.4 Å². The molecule has 2 N–H and O–H groups in total. The van der Waals surface area contributed by atoms with Crippen molar-refractivity contribution in [1.29, 1.82) is 5.26 Å². The Labute approximate surface area is 126 Å². The molecule has 0 saturated carbocycles. The highest BCUT2D eigenvalue weighted by Gasteiger charge is 2.19. The van der Waals surface area contributed by atoms with Crippen LogP contribution in [-0.4, -0.2) is 4.92 Å². The van der Waals surface area contributed by atoms with Gasteiger partial charge in [-0.1, -0.05) is 25.5 Å². The molecule has 2 aromatic rings. The Hall–Kier alpha value is -2.39. The molecular formula is C15H15N3O2S. The molecule has 0 amide bonds. The number of nitrogens with zero attached hydrogens (tertiary/aromatic N) is 2. The Morgan fingerprint density at radius 3 is 2.76 bits per heavy atom. The van der Waals surface area contributed by atoms with Crippen LogP contribution in [0.2, 0.25) is 0 Å². The molecular weight excluding hydrogens is 286 g/mol. The van der Waals surface area contributed by atoms with Crippen LogP contribution in [0.5, 0.6) is 0 Å². The molecule has 0 atom stereocenters. The van der Waals surface area contributed by atoms with E-state index in [9.17, 15) is 10.1 Å². The minimum absolute atomic E-state index is 0.0837. The third-order valence-corrected chi connectivity index (χ3v) is 4.52. The van der Waals surface area contributed by atoms with Crippen LogP contribution in [0, 0.1) is 28.4 Å². The molecule has 2 rings (SSSR count). The highest BCUT2D eigenvalue weighted by Crippen LogP contribution is 2.40. The highest BCUT2D eigenvalue weighted by atomic mass is 32.1. The van der Waals surface area contributed by atoms with E-state index in [4.69, 9.17) is 11.0 Å². The number of nitro groups is 1. The lowest BCUT2D eigenvalue weighted by atomic mass is 10.0. The second-order valence-electron chi connectivity index (χ2n) is 4.77. The van der Waals surface area contributed by atoms with Crippen molar-refractivity contribution in [2.45, 2.75) is 26.7 Å². The van der Waals surface area contributed by atoms with Crippen molar-refractivity contribution in [3.63, 3.8) is 0 Å². The molecule has 0 aliphatic rings. The van der Waals surface area contributed by atoms with E-state index in [-0.39, 0.29) is 10.6 Å². The molecule has 1 aromatic carbocycles. The predicted octanol–water partition coefficient (Wildman–Crippen LogP) is 4.04. The summed E-state index contributed by atoms with van der Waals surface area (Å²) in [7, 11) is 0. The van der Waals surface area contributed by atoms with E-state index < -0.39 is 0 Å². The second-order valence-corrected chi connectivity index (χ2v) is 5.79. The molecule has 0 radical (unpaired) electrons. The number of nitriles is 1. The van der Waals surface area contributed by atoms with Crippen molar-refractivity contribution in [3.8, 4) is 16.5 Å². The number of rotatable bonds is 4. The monoisotopic (exact) mass is 301 g/mol. The molecule has 0 unspecified atom stereocenters. The van der Waals surface area contributed by atoms with E-state index in [2.05, 4.69) is 6.07 Å². The number of hydrogen-bond acceptors (Lipinski definition) is 5. The first-order chi connectivity index (χ1) is 9.99. The third kappa shape index (κ3) is 2.73. The van der Waals surface area contributed by atoms with E-state index in [1.54, 1.807) is 19.1 Å². The first kappa shape index (κ1) is 15.0. The van der Waals surface area contributed by atoms with E-state index in [0.29, 0.717) is 16.1 Å². The van der Waals surface area contributed by atoms with Crippen molar-refractivity contribution < 1.29 is 4.92 Å². The van der Waals surface area contributed by atoms with Crippen LogP contribution in [0.3, 0.4) is 0 Å². The fraction of sp³-hybridized carbons (Fsp3) is 0.267. The minimum Gasteiger partial charge on any atom is -0.397 e. The normalized spacial score (nSPS) is 10.3. The van der Waals surface area contributed by atoms with Crippen molar-refractivity contribution in [3.05, 3.63) is 44.3 Å². The first-order valence-electron chi connectivity index (χ1n) is 6.56. The zero-order valence-corrected chi connectivity index (χ0v) is 12.7. The van der Waals surface area contributed by atoms with Gasteiger partial charge in [0.1, 0.15) is 10.9 Å². The van der Waals surface area contributed by atoms with E-state index in [0.717, 1.165) is 28.8 Å². The number of thiophene rings is 1. The van der Waals surface area contributed by atoms with E-state index in [1.807, 2.05) is 13.0 Å². The molecule has 108 valence electrons. The van der Waals surface area contributed by atoms with Gasteiger partial charge in [0.2, 0.25) is 0 Å². The average Bonchev–Trinajstić information content (AvgIpc) is 2.77. The van der Waals surface area contributed by atoms with Gasteiger partial charge < -0.3 is 5.73 Å². The van der Waals surface area contributed by atoms with Gasteiger partial charge in [0.25, 0.3) is 5.69 Å². The summed E-state index contributed by atoms with van der Waals surface area (Å²) in [5.41, 5.74) is 8.88. The Bertz CT molecular complexity index is 744. The van der Waals surface area contributed by atoms with Gasteiger partial charge in [0.05, 0.1) is 10.6 Å². The number of nitro benzene ring substituents is 1. The van der Waals surface area contributed by atoms with Gasteiger partial charge in [0, 0.05) is 16.5 Å². The van der Waals surface area contributed by atoms with Gasteiger partial charge in [0.15, 0.2) is 0 Å². The van der Waals surface area contributed by atoms with Gasteiger partial charge in [-0.15, -0.1) is 11.3 Å².